The van der Waals surface area contributed by atoms with Crippen molar-refractivity contribution in [2.75, 3.05) is 5.88 Å². The summed E-state index contributed by atoms with van der Waals surface area (Å²) in [6, 6.07) is 0. The number of hydrogen-bond donors (Lipinski definition) is 0. The highest BCUT2D eigenvalue weighted by molar-refractivity contribution is 6.19. The molecule has 1 aromatic heterocycles. The molecule has 0 aliphatic heterocycles. The molecular formula is C8H8ClFN2. The van der Waals surface area contributed by atoms with Crippen LogP contribution in [0.1, 0.15) is 12.5 Å². The minimum Gasteiger partial charge on any atom is -0.239 e. The molecule has 0 atom stereocenters. The summed E-state index contributed by atoms with van der Waals surface area (Å²) >= 11 is 5.32. The number of hydrogen-bond acceptors (Lipinski definition) is 1. The van der Waals surface area contributed by atoms with Gasteiger partial charge in [-0.2, -0.15) is 9.49 Å². The molecule has 1 heterocycles. The second-order valence-electron chi connectivity index (χ2n) is 2.10. The van der Waals surface area contributed by atoms with Crippen molar-refractivity contribution in [1.29, 1.82) is 0 Å². The predicted octanol–water partition coefficient (Wildman–Crippen LogP) is 1.63. The van der Waals surface area contributed by atoms with Gasteiger partial charge in [0.1, 0.15) is 0 Å². The van der Waals surface area contributed by atoms with Gasteiger partial charge in [-0.05, 0) is 6.92 Å². The zero-order chi connectivity index (χ0) is 8.97. The molecular weight excluding hydrogens is 179 g/mol. The van der Waals surface area contributed by atoms with E-state index < -0.39 is 5.95 Å². The van der Waals surface area contributed by atoms with Gasteiger partial charge in [-0.25, -0.2) is 4.68 Å². The third-order valence-corrected chi connectivity index (χ3v) is 1.50. The van der Waals surface area contributed by atoms with Gasteiger partial charge in [-0.3, -0.25) is 0 Å². The predicted molar refractivity (Wildman–Crippen MR) is 45.5 cm³/mol. The van der Waals surface area contributed by atoms with Crippen molar-refractivity contribution < 1.29 is 4.39 Å². The van der Waals surface area contributed by atoms with E-state index in [2.05, 4.69) is 16.9 Å². The summed E-state index contributed by atoms with van der Waals surface area (Å²) in [5.74, 6) is 4.95. The Morgan fingerprint density at radius 2 is 2.50 bits per heavy atom. The number of aryl methyl sites for hydroxylation is 1. The monoisotopic (exact) mass is 186 g/mol. The molecule has 1 rings (SSSR count). The fourth-order valence-corrected chi connectivity index (χ4v) is 0.870. The summed E-state index contributed by atoms with van der Waals surface area (Å²) < 4.78 is 14.4. The van der Waals surface area contributed by atoms with E-state index in [4.69, 9.17) is 11.6 Å². The summed E-state index contributed by atoms with van der Waals surface area (Å²) in [4.78, 5) is 0. The van der Waals surface area contributed by atoms with E-state index in [0.29, 0.717) is 12.1 Å². The first-order valence-electron chi connectivity index (χ1n) is 3.55. The van der Waals surface area contributed by atoms with E-state index in [0.717, 1.165) is 0 Å². The molecule has 1 aromatic rings. The Morgan fingerprint density at radius 1 is 1.75 bits per heavy atom. The van der Waals surface area contributed by atoms with Gasteiger partial charge in [0.2, 0.25) is 5.95 Å². The van der Waals surface area contributed by atoms with E-state index >= 15 is 0 Å². The average molecular weight is 187 g/mol. The maximum Gasteiger partial charge on any atom is 0.227 e. The highest BCUT2D eigenvalue weighted by Crippen LogP contribution is 2.03. The maximum atomic E-state index is 13.1. The molecule has 0 aliphatic rings. The molecule has 2 nitrogen and oxygen atoms in total. The zero-order valence-corrected chi connectivity index (χ0v) is 7.40. The van der Waals surface area contributed by atoms with E-state index in [9.17, 15) is 4.39 Å². The van der Waals surface area contributed by atoms with E-state index in [1.165, 1.54) is 10.9 Å². The Balaban J connectivity index is 2.94. The van der Waals surface area contributed by atoms with Crippen LogP contribution in [-0.2, 0) is 6.54 Å². The lowest BCUT2D eigenvalue weighted by Gasteiger charge is -1.92. The first kappa shape index (κ1) is 9.08. The van der Waals surface area contributed by atoms with E-state index in [1.54, 1.807) is 0 Å². The van der Waals surface area contributed by atoms with Gasteiger partial charge < -0.3 is 0 Å². The Kier molecular flexibility index (Phi) is 3.12. The molecule has 0 fully saturated rings. The molecule has 0 aromatic carbocycles. The molecule has 0 saturated carbocycles. The standard InChI is InChI=1S/C8H8ClFN2/c1-2-12-8(10)7(6-11-12)4-3-5-9/h6H,2,5H2,1H3. The smallest absolute Gasteiger partial charge is 0.227 e. The van der Waals surface area contributed by atoms with Crippen LogP contribution < -0.4 is 0 Å². The van der Waals surface area contributed by atoms with Crippen molar-refractivity contribution in [2.24, 2.45) is 0 Å². The molecule has 0 aliphatic carbocycles. The molecule has 0 radical (unpaired) electrons. The van der Waals surface area contributed by atoms with Gasteiger partial charge in [0.25, 0.3) is 0 Å². The molecule has 0 saturated heterocycles. The second kappa shape index (κ2) is 4.13. The summed E-state index contributed by atoms with van der Waals surface area (Å²) in [5, 5.41) is 3.78. The number of halogens is 2. The lowest BCUT2D eigenvalue weighted by Crippen LogP contribution is -1.99. The summed E-state index contributed by atoms with van der Waals surface area (Å²) in [6.45, 7) is 2.32. The van der Waals surface area contributed by atoms with Crippen LogP contribution in [0.2, 0.25) is 0 Å². The van der Waals surface area contributed by atoms with Crippen LogP contribution in [0.3, 0.4) is 0 Å². The van der Waals surface area contributed by atoms with Crippen LogP contribution in [0, 0.1) is 17.8 Å². The van der Waals surface area contributed by atoms with Gasteiger partial charge in [-0.1, -0.05) is 11.8 Å². The van der Waals surface area contributed by atoms with Gasteiger partial charge in [0.15, 0.2) is 0 Å². The molecule has 64 valence electrons. The lowest BCUT2D eigenvalue weighted by molar-refractivity contribution is 0.469. The molecule has 0 amide bonds. The van der Waals surface area contributed by atoms with Crippen LogP contribution in [0.15, 0.2) is 6.20 Å². The van der Waals surface area contributed by atoms with Crippen molar-refractivity contribution in [3.63, 3.8) is 0 Å². The number of alkyl halides is 1. The highest BCUT2D eigenvalue weighted by Gasteiger charge is 2.05. The Morgan fingerprint density at radius 3 is 3.00 bits per heavy atom. The normalized spacial score (nSPS) is 9.25. The molecule has 0 bridgehead atoms. The van der Waals surface area contributed by atoms with E-state index in [1.807, 2.05) is 6.92 Å². The summed E-state index contributed by atoms with van der Waals surface area (Å²) in [7, 11) is 0. The van der Waals surface area contributed by atoms with Crippen molar-refractivity contribution >= 4 is 11.6 Å². The van der Waals surface area contributed by atoms with Gasteiger partial charge >= 0.3 is 0 Å². The number of rotatable bonds is 1. The molecule has 0 N–H and O–H groups in total. The van der Waals surface area contributed by atoms with Crippen molar-refractivity contribution in [3.8, 4) is 11.8 Å². The van der Waals surface area contributed by atoms with Crippen molar-refractivity contribution in [1.82, 2.24) is 9.78 Å². The Hall–Kier alpha value is -1.01. The SMILES string of the molecule is CCn1ncc(C#CCCl)c1F. The largest absolute Gasteiger partial charge is 0.239 e. The first-order valence-corrected chi connectivity index (χ1v) is 4.09. The van der Waals surface area contributed by atoms with Gasteiger partial charge in [-0.15, -0.1) is 11.6 Å². The lowest BCUT2D eigenvalue weighted by atomic mass is 10.3. The number of aromatic nitrogens is 2. The average Bonchev–Trinajstić information content (AvgIpc) is 2.43. The molecule has 12 heavy (non-hydrogen) atoms. The second-order valence-corrected chi connectivity index (χ2v) is 2.37. The van der Waals surface area contributed by atoms with Crippen LogP contribution in [-0.4, -0.2) is 15.7 Å². The molecule has 0 spiro atoms. The maximum absolute atomic E-state index is 13.1. The minimum absolute atomic E-state index is 0.205. The minimum atomic E-state index is -0.393. The third-order valence-electron chi connectivity index (χ3n) is 1.36. The Labute approximate surface area is 75.3 Å². The third kappa shape index (κ3) is 1.77. The Bertz CT molecular complexity index is 322. The fraction of sp³-hybridized carbons (Fsp3) is 0.375. The highest BCUT2D eigenvalue weighted by atomic mass is 35.5. The quantitative estimate of drug-likeness (QED) is 0.482. The van der Waals surface area contributed by atoms with Gasteiger partial charge in [0.05, 0.1) is 17.6 Å². The van der Waals surface area contributed by atoms with Crippen LogP contribution in [0.5, 0.6) is 0 Å². The summed E-state index contributed by atoms with van der Waals surface area (Å²) in [6.07, 6.45) is 1.40. The zero-order valence-electron chi connectivity index (χ0n) is 6.64. The van der Waals surface area contributed by atoms with Crippen molar-refractivity contribution in [3.05, 3.63) is 17.7 Å². The number of nitrogens with zero attached hydrogens (tertiary/aromatic N) is 2. The summed E-state index contributed by atoms with van der Waals surface area (Å²) in [5.41, 5.74) is 0.303. The van der Waals surface area contributed by atoms with Crippen LogP contribution in [0.4, 0.5) is 4.39 Å². The fourth-order valence-electron chi connectivity index (χ4n) is 0.803. The van der Waals surface area contributed by atoms with E-state index in [-0.39, 0.29) is 5.88 Å². The van der Waals surface area contributed by atoms with Gasteiger partial charge in [0, 0.05) is 6.54 Å². The molecule has 4 heteroatoms. The van der Waals surface area contributed by atoms with Crippen LogP contribution >= 0.6 is 11.6 Å². The topological polar surface area (TPSA) is 17.8 Å². The van der Waals surface area contributed by atoms with Crippen molar-refractivity contribution in [2.45, 2.75) is 13.5 Å². The molecule has 0 unspecified atom stereocenters. The first-order chi connectivity index (χ1) is 5.79. The van der Waals surface area contributed by atoms with Crippen LogP contribution in [0.25, 0.3) is 0 Å².